The van der Waals surface area contributed by atoms with Gasteiger partial charge in [-0.1, -0.05) is 17.8 Å². The highest BCUT2D eigenvalue weighted by atomic mass is 32.2. The predicted octanol–water partition coefficient (Wildman–Crippen LogP) is 2.52. The van der Waals surface area contributed by atoms with Crippen LogP contribution in [0.25, 0.3) is 0 Å². The normalized spacial score (nSPS) is 18.0. The maximum absolute atomic E-state index is 12.0. The van der Waals surface area contributed by atoms with E-state index in [9.17, 15) is 22.8 Å². The van der Waals surface area contributed by atoms with Crippen LogP contribution in [0.15, 0.2) is 23.4 Å². The lowest BCUT2D eigenvalue weighted by Crippen LogP contribution is -2.33. The predicted molar refractivity (Wildman–Crippen MR) is 75.5 cm³/mol. The van der Waals surface area contributed by atoms with Crippen molar-refractivity contribution in [3.63, 3.8) is 0 Å². The van der Waals surface area contributed by atoms with Gasteiger partial charge in [0.1, 0.15) is 5.03 Å². The minimum Gasteiger partial charge on any atom is -0.356 e. The highest BCUT2D eigenvalue weighted by Crippen LogP contribution is 2.33. The van der Waals surface area contributed by atoms with Crippen molar-refractivity contribution in [1.82, 2.24) is 10.3 Å². The average molecular weight is 332 g/mol. The number of aromatic nitrogens is 1. The number of amides is 1. The van der Waals surface area contributed by atoms with Crippen molar-refractivity contribution in [3.05, 3.63) is 23.9 Å². The van der Waals surface area contributed by atoms with Crippen LogP contribution in [0.3, 0.4) is 0 Å². The van der Waals surface area contributed by atoms with Crippen molar-refractivity contribution in [2.45, 2.75) is 42.1 Å². The molecule has 1 aromatic rings. The number of carbonyl (C=O) groups excluding carboxylic acids is 2. The summed E-state index contributed by atoms with van der Waals surface area (Å²) in [5, 5.41) is 2.63. The van der Waals surface area contributed by atoms with E-state index in [0.717, 1.165) is 10.6 Å². The largest absolute Gasteiger partial charge is 0.389 e. The SMILES string of the molecule is O=C(CC1Sc2ncccc2CC1=O)NCCCC(F)(F)F. The lowest BCUT2D eigenvalue weighted by Gasteiger charge is -2.21. The molecule has 1 aromatic heterocycles. The van der Waals surface area contributed by atoms with Gasteiger partial charge in [-0.25, -0.2) is 4.98 Å². The number of nitrogens with zero attached hydrogens (tertiary/aromatic N) is 1. The van der Waals surface area contributed by atoms with E-state index in [2.05, 4.69) is 10.3 Å². The van der Waals surface area contributed by atoms with Crippen LogP contribution >= 0.6 is 11.8 Å². The van der Waals surface area contributed by atoms with Crippen molar-refractivity contribution in [2.24, 2.45) is 0 Å². The molecular weight excluding hydrogens is 317 g/mol. The second-order valence-electron chi connectivity index (χ2n) is 4.99. The molecule has 8 heteroatoms. The maximum atomic E-state index is 12.0. The molecule has 0 aliphatic carbocycles. The number of hydrogen-bond acceptors (Lipinski definition) is 4. The molecule has 0 bridgehead atoms. The smallest absolute Gasteiger partial charge is 0.356 e. The molecule has 1 amide bonds. The van der Waals surface area contributed by atoms with Crippen LogP contribution in [-0.4, -0.2) is 34.6 Å². The Labute approximate surface area is 129 Å². The number of rotatable bonds is 5. The molecule has 0 radical (unpaired) electrons. The molecule has 0 saturated carbocycles. The molecule has 22 heavy (non-hydrogen) atoms. The lowest BCUT2D eigenvalue weighted by molar-refractivity contribution is -0.136. The van der Waals surface area contributed by atoms with Gasteiger partial charge < -0.3 is 5.32 Å². The topological polar surface area (TPSA) is 59.1 Å². The molecule has 0 saturated heterocycles. The molecule has 1 N–H and O–H groups in total. The number of thioether (sulfide) groups is 1. The quantitative estimate of drug-likeness (QED) is 0.842. The zero-order valence-electron chi connectivity index (χ0n) is 11.7. The fraction of sp³-hybridized carbons (Fsp3) is 0.500. The van der Waals surface area contributed by atoms with Gasteiger partial charge in [-0.15, -0.1) is 0 Å². The van der Waals surface area contributed by atoms with Crippen molar-refractivity contribution in [2.75, 3.05) is 6.54 Å². The Kier molecular flexibility index (Phi) is 5.44. The molecule has 4 nitrogen and oxygen atoms in total. The Bertz CT molecular complexity index is 563. The summed E-state index contributed by atoms with van der Waals surface area (Å²) < 4.78 is 35.9. The zero-order chi connectivity index (χ0) is 16.2. The Balaban J connectivity index is 1.79. The summed E-state index contributed by atoms with van der Waals surface area (Å²) in [5.41, 5.74) is 0.847. The minimum absolute atomic E-state index is 0.0362. The van der Waals surface area contributed by atoms with Crippen LogP contribution in [0.1, 0.15) is 24.8 Å². The monoisotopic (exact) mass is 332 g/mol. The number of Topliss-reactive ketones (excluding diaryl/α,β-unsaturated/α-hetero) is 1. The number of nitrogens with one attached hydrogen (secondary N) is 1. The Morgan fingerprint density at radius 1 is 1.45 bits per heavy atom. The number of pyridine rings is 1. The van der Waals surface area contributed by atoms with Crippen LogP contribution < -0.4 is 5.32 Å². The Hall–Kier alpha value is -1.57. The highest BCUT2D eigenvalue weighted by Gasteiger charge is 2.30. The number of alkyl halides is 3. The van der Waals surface area contributed by atoms with Crippen LogP contribution in [0.4, 0.5) is 13.2 Å². The first kappa shape index (κ1) is 16.8. The molecule has 1 aliphatic rings. The molecule has 0 aromatic carbocycles. The van der Waals surface area contributed by atoms with E-state index in [1.54, 1.807) is 12.3 Å². The molecular formula is C14H15F3N2O2S. The molecule has 1 unspecified atom stereocenters. The third-order valence-corrected chi connectivity index (χ3v) is 4.46. The Morgan fingerprint density at radius 2 is 2.23 bits per heavy atom. The summed E-state index contributed by atoms with van der Waals surface area (Å²) >= 11 is 1.24. The zero-order valence-corrected chi connectivity index (χ0v) is 12.5. The second-order valence-corrected chi connectivity index (χ2v) is 6.18. The van der Waals surface area contributed by atoms with Gasteiger partial charge in [0.2, 0.25) is 5.91 Å². The number of ketones is 1. The van der Waals surface area contributed by atoms with Gasteiger partial charge in [0.25, 0.3) is 0 Å². The standard InChI is InChI=1S/C14H15F3N2O2S/c15-14(16,17)4-2-6-18-12(21)8-11-10(20)7-9-3-1-5-19-13(9)22-11/h1,3,5,11H,2,4,6-8H2,(H,18,21). The van der Waals surface area contributed by atoms with E-state index in [1.165, 1.54) is 11.8 Å². The van der Waals surface area contributed by atoms with Crippen LogP contribution in [0, 0.1) is 0 Å². The molecule has 1 atom stereocenters. The second kappa shape index (κ2) is 7.13. The van der Waals surface area contributed by atoms with Crippen molar-refractivity contribution in [1.29, 1.82) is 0 Å². The van der Waals surface area contributed by atoms with Crippen molar-refractivity contribution >= 4 is 23.5 Å². The van der Waals surface area contributed by atoms with E-state index in [4.69, 9.17) is 0 Å². The number of halogens is 3. The first-order chi connectivity index (χ1) is 10.3. The summed E-state index contributed by atoms with van der Waals surface area (Å²) in [6.45, 7) is -0.0429. The third kappa shape index (κ3) is 5.01. The molecule has 1 aliphatic heterocycles. The summed E-state index contributed by atoms with van der Waals surface area (Å²) in [6, 6.07) is 3.57. The fourth-order valence-corrected chi connectivity index (χ4v) is 3.21. The van der Waals surface area contributed by atoms with Crippen molar-refractivity contribution < 1.29 is 22.8 Å². The number of fused-ring (bicyclic) bond motifs is 1. The maximum Gasteiger partial charge on any atom is 0.389 e. The Morgan fingerprint density at radius 3 is 2.95 bits per heavy atom. The average Bonchev–Trinajstić information content (AvgIpc) is 2.43. The van der Waals surface area contributed by atoms with Gasteiger partial charge in [0.15, 0.2) is 5.78 Å². The van der Waals surface area contributed by atoms with Gasteiger partial charge in [-0.05, 0) is 18.1 Å². The van der Waals surface area contributed by atoms with E-state index in [1.807, 2.05) is 6.07 Å². The fourth-order valence-electron chi connectivity index (χ4n) is 2.08. The van der Waals surface area contributed by atoms with Gasteiger partial charge in [0.05, 0.1) is 5.25 Å². The van der Waals surface area contributed by atoms with Gasteiger partial charge in [-0.3, -0.25) is 9.59 Å². The lowest BCUT2D eigenvalue weighted by atomic mass is 10.1. The first-order valence-electron chi connectivity index (χ1n) is 6.82. The van der Waals surface area contributed by atoms with E-state index >= 15 is 0 Å². The van der Waals surface area contributed by atoms with Crippen molar-refractivity contribution in [3.8, 4) is 0 Å². The van der Waals surface area contributed by atoms with E-state index in [0.29, 0.717) is 0 Å². The van der Waals surface area contributed by atoms with E-state index in [-0.39, 0.29) is 31.6 Å². The summed E-state index contributed by atoms with van der Waals surface area (Å²) in [7, 11) is 0. The molecule has 120 valence electrons. The van der Waals surface area contributed by atoms with Crippen LogP contribution in [0.5, 0.6) is 0 Å². The molecule has 0 fully saturated rings. The summed E-state index contributed by atoms with van der Waals surface area (Å²) in [4.78, 5) is 27.9. The molecule has 0 spiro atoms. The van der Waals surface area contributed by atoms with Crippen LogP contribution in [0.2, 0.25) is 0 Å². The summed E-state index contributed by atoms with van der Waals surface area (Å²) in [6.07, 6.45) is -3.48. The van der Waals surface area contributed by atoms with Crippen LogP contribution in [-0.2, 0) is 16.0 Å². The number of carbonyl (C=O) groups is 2. The third-order valence-electron chi connectivity index (χ3n) is 3.16. The molecule has 2 heterocycles. The van der Waals surface area contributed by atoms with Gasteiger partial charge in [0, 0.05) is 32.0 Å². The summed E-state index contributed by atoms with van der Waals surface area (Å²) in [5.74, 6) is -0.469. The number of hydrogen-bond donors (Lipinski definition) is 1. The highest BCUT2D eigenvalue weighted by molar-refractivity contribution is 8.00. The minimum atomic E-state index is -4.21. The van der Waals surface area contributed by atoms with E-state index < -0.39 is 23.8 Å². The van der Waals surface area contributed by atoms with Gasteiger partial charge in [-0.2, -0.15) is 13.2 Å². The van der Waals surface area contributed by atoms with Gasteiger partial charge >= 0.3 is 6.18 Å². The molecule has 2 rings (SSSR count). The first-order valence-corrected chi connectivity index (χ1v) is 7.70.